The molecule has 31 heavy (non-hydrogen) atoms. The van der Waals surface area contributed by atoms with Crippen LogP contribution in [-0.2, 0) is 38.8 Å². The van der Waals surface area contributed by atoms with E-state index < -0.39 is 26.7 Å². The molecule has 0 aliphatic heterocycles. The van der Waals surface area contributed by atoms with Crippen LogP contribution >= 0.6 is 0 Å². The summed E-state index contributed by atoms with van der Waals surface area (Å²) in [5.74, 6) is -1.39. The Balaban J connectivity index is 1.81. The summed E-state index contributed by atoms with van der Waals surface area (Å²) < 4.78 is 21.6. The number of rotatable bonds is 10. The summed E-state index contributed by atoms with van der Waals surface area (Å²) in [7, 11) is -3.76. The maximum atomic E-state index is 11.5. The van der Waals surface area contributed by atoms with E-state index in [9.17, 15) is 14.4 Å². The van der Waals surface area contributed by atoms with Crippen molar-refractivity contribution in [3.05, 3.63) is 35.4 Å². The molecular formula is C23H34O7Si. The van der Waals surface area contributed by atoms with Crippen molar-refractivity contribution in [2.45, 2.75) is 84.3 Å². The van der Waals surface area contributed by atoms with Crippen molar-refractivity contribution in [3.63, 3.8) is 0 Å². The first-order valence-electron chi connectivity index (χ1n) is 11.0. The van der Waals surface area contributed by atoms with E-state index in [0.717, 1.165) is 32.1 Å². The molecule has 1 aliphatic rings. The third-order valence-electron chi connectivity index (χ3n) is 5.41. The Kier molecular flexibility index (Phi) is 9.70. The number of hydrogen-bond acceptors (Lipinski definition) is 7. The zero-order valence-corrected chi connectivity index (χ0v) is 20.0. The van der Waals surface area contributed by atoms with Gasteiger partial charge in [0.2, 0.25) is 0 Å². The lowest BCUT2D eigenvalue weighted by Crippen LogP contribution is -2.49. The van der Waals surface area contributed by atoms with Crippen LogP contribution in [0.2, 0.25) is 6.04 Å². The zero-order valence-electron chi connectivity index (χ0n) is 19.0. The highest BCUT2D eigenvalue weighted by atomic mass is 28.4. The Labute approximate surface area is 185 Å². The lowest BCUT2D eigenvalue weighted by Gasteiger charge is -2.29. The third-order valence-corrected chi connectivity index (χ3v) is 8.17. The quantitative estimate of drug-likeness (QED) is 0.388. The van der Waals surface area contributed by atoms with Gasteiger partial charge in [-0.1, -0.05) is 31.2 Å². The Morgan fingerprint density at radius 3 is 1.84 bits per heavy atom. The van der Waals surface area contributed by atoms with Crippen LogP contribution in [0.25, 0.3) is 0 Å². The molecule has 0 bridgehead atoms. The standard InChI is InChI=1S/C23H34O7Si/c1-5-20-7-9-21(10-8-20)22-11-13-23(14-12-22)27-15-6-16-31(28-17(2)24,29-18(3)25)30-19(4)26/h7-10,22-23H,5-6,11-16H2,1-4H3/t22-,23-. The van der Waals surface area contributed by atoms with Crippen molar-refractivity contribution in [2.24, 2.45) is 0 Å². The van der Waals surface area contributed by atoms with E-state index in [1.54, 1.807) is 0 Å². The van der Waals surface area contributed by atoms with Gasteiger partial charge in [-0.25, -0.2) is 0 Å². The van der Waals surface area contributed by atoms with Crippen molar-refractivity contribution in [1.29, 1.82) is 0 Å². The van der Waals surface area contributed by atoms with Crippen LogP contribution in [0.5, 0.6) is 0 Å². The minimum atomic E-state index is -3.76. The van der Waals surface area contributed by atoms with Crippen LogP contribution < -0.4 is 0 Å². The van der Waals surface area contributed by atoms with Crippen molar-refractivity contribution in [2.75, 3.05) is 6.61 Å². The fraction of sp³-hybridized carbons (Fsp3) is 0.609. The van der Waals surface area contributed by atoms with Crippen LogP contribution in [-0.4, -0.2) is 39.4 Å². The maximum absolute atomic E-state index is 11.5. The number of aryl methyl sites for hydroxylation is 1. The Hall–Kier alpha value is -2.19. The van der Waals surface area contributed by atoms with Crippen LogP contribution in [0.15, 0.2) is 24.3 Å². The molecule has 0 aromatic heterocycles. The van der Waals surface area contributed by atoms with E-state index in [-0.39, 0.29) is 12.1 Å². The molecule has 0 spiro atoms. The van der Waals surface area contributed by atoms with Crippen molar-refractivity contribution in [3.8, 4) is 0 Å². The molecule has 0 atom stereocenters. The number of carbonyl (C=O) groups is 3. The largest absolute Gasteiger partial charge is 0.705 e. The monoisotopic (exact) mass is 450 g/mol. The molecule has 1 fully saturated rings. The van der Waals surface area contributed by atoms with E-state index in [0.29, 0.717) is 18.9 Å². The summed E-state index contributed by atoms with van der Waals surface area (Å²) in [6, 6.07) is 9.06. The molecule has 1 aromatic carbocycles. The van der Waals surface area contributed by atoms with Gasteiger partial charge in [0, 0.05) is 27.4 Å². The van der Waals surface area contributed by atoms with Gasteiger partial charge < -0.3 is 18.0 Å². The van der Waals surface area contributed by atoms with E-state index in [1.807, 2.05) is 0 Å². The average Bonchev–Trinajstić information content (AvgIpc) is 2.70. The fourth-order valence-corrected chi connectivity index (χ4v) is 6.32. The fourth-order valence-electron chi connectivity index (χ4n) is 4.00. The molecule has 8 heteroatoms. The molecule has 0 unspecified atom stereocenters. The van der Waals surface area contributed by atoms with Crippen LogP contribution in [0.1, 0.15) is 76.8 Å². The van der Waals surface area contributed by atoms with Gasteiger partial charge in [-0.2, -0.15) is 0 Å². The highest BCUT2D eigenvalue weighted by molar-refractivity contribution is 6.65. The van der Waals surface area contributed by atoms with E-state index in [1.165, 1.54) is 31.9 Å². The van der Waals surface area contributed by atoms with Gasteiger partial charge in [0.05, 0.1) is 12.1 Å². The normalized spacial score (nSPS) is 18.8. The summed E-state index contributed by atoms with van der Waals surface area (Å²) in [6.07, 6.45) is 5.84. The SMILES string of the molecule is CCc1ccc([C@H]2CC[C@H](OCCC[Si](OC(C)=O)(OC(C)=O)OC(C)=O)CC2)cc1. The predicted octanol–water partition coefficient (Wildman–Crippen LogP) is 4.31. The lowest BCUT2D eigenvalue weighted by atomic mass is 9.82. The predicted molar refractivity (Wildman–Crippen MR) is 117 cm³/mol. The second kappa shape index (κ2) is 12.0. The summed E-state index contributed by atoms with van der Waals surface area (Å²) in [6.45, 7) is 6.16. The van der Waals surface area contributed by atoms with E-state index in [2.05, 4.69) is 31.2 Å². The smallest absolute Gasteiger partial charge is 0.455 e. The van der Waals surface area contributed by atoms with Gasteiger partial charge in [0.25, 0.3) is 17.9 Å². The van der Waals surface area contributed by atoms with Gasteiger partial charge in [-0.15, -0.1) is 0 Å². The zero-order chi connectivity index (χ0) is 22.9. The van der Waals surface area contributed by atoms with Crippen molar-refractivity contribution < 1.29 is 32.4 Å². The highest BCUT2D eigenvalue weighted by Gasteiger charge is 2.51. The Morgan fingerprint density at radius 2 is 1.39 bits per heavy atom. The average molecular weight is 451 g/mol. The second-order valence-corrected chi connectivity index (χ2v) is 10.5. The first-order chi connectivity index (χ1) is 14.7. The van der Waals surface area contributed by atoms with Gasteiger partial charge in [-0.05, 0) is 55.6 Å². The molecular weight excluding hydrogens is 416 g/mol. The summed E-state index contributed by atoms with van der Waals surface area (Å²) >= 11 is 0. The minimum Gasteiger partial charge on any atom is -0.455 e. The van der Waals surface area contributed by atoms with Crippen molar-refractivity contribution in [1.82, 2.24) is 0 Å². The van der Waals surface area contributed by atoms with Gasteiger partial charge in [0.1, 0.15) is 0 Å². The van der Waals surface area contributed by atoms with E-state index >= 15 is 0 Å². The van der Waals surface area contributed by atoms with E-state index in [4.69, 9.17) is 18.0 Å². The number of benzene rings is 1. The topological polar surface area (TPSA) is 88.1 Å². The van der Waals surface area contributed by atoms with Gasteiger partial charge in [-0.3, -0.25) is 14.4 Å². The second-order valence-electron chi connectivity index (χ2n) is 8.01. The molecule has 1 saturated carbocycles. The number of hydrogen-bond donors (Lipinski definition) is 0. The Morgan fingerprint density at radius 1 is 0.871 bits per heavy atom. The van der Waals surface area contributed by atoms with Crippen molar-refractivity contribution >= 4 is 26.7 Å². The molecule has 2 rings (SSSR count). The molecule has 0 N–H and O–H groups in total. The third kappa shape index (κ3) is 8.45. The molecule has 7 nitrogen and oxygen atoms in total. The molecule has 1 aromatic rings. The number of carbonyl (C=O) groups excluding carboxylic acids is 3. The molecule has 0 saturated heterocycles. The Bertz CT molecular complexity index is 698. The first-order valence-corrected chi connectivity index (χ1v) is 13.0. The molecule has 172 valence electrons. The minimum absolute atomic E-state index is 0.144. The number of ether oxygens (including phenoxy) is 1. The van der Waals surface area contributed by atoms with Crippen LogP contribution in [0, 0.1) is 0 Å². The van der Waals surface area contributed by atoms with Crippen LogP contribution in [0.3, 0.4) is 0 Å². The summed E-state index contributed by atoms with van der Waals surface area (Å²) in [5.41, 5.74) is 2.76. The summed E-state index contributed by atoms with van der Waals surface area (Å²) in [4.78, 5) is 34.5. The highest BCUT2D eigenvalue weighted by Crippen LogP contribution is 2.34. The molecule has 0 radical (unpaired) electrons. The van der Waals surface area contributed by atoms with Gasteiger partial charge >= 0.3 is 8.80 Å². The molecule has 1 aliphatic carbocycles. The first kappa shape index (κ1) is 25.1. The van der Waals surface area contributed by atoms with Crippen LogP contribution in [0.4, 0.5) is 0 Å². The molecule has 0 amide bonds. The summed E-state index contributed by atoms with van der Waals surface area (Å²) in [5, 5.41) is 0. The lowest BCUT2D eigenvalue weighted by molar-refractivity contribution is -0.147. The van der Waals surface area contributed by atoms with Gasteiger partial charge in [0.15, 0.2) is 0 Å². The molecule has 0 heterocycles. The maximum Gasteiger partial charge on any atom is 0.705 e.